The average molecular weight is 134 g/mol. The Morgan fingerprint density at radius 3 is 2.30 bits per heavy atom. The number of hydrogen-bond acceptors (Lipinski definition) is 0. The van der Waals surface area contributed by atoms with Crippen LogP contribution in [-0.2, 0) is 0 Å². The van der Waals surface area contributed by atoms with Gasteiger partial charge in [0.25, 0.3) is 0 Å². The van der Waals surface area contributed by atoms with Crippen molar-refractivity contribution in [1.29, 1.82) is 0 Å². The fourth-order valence-electron chi connectivity index (χ4n) is 0.399. The van der Waals surface area contributed by atoms with Gasteiger partial charge < -0.3 is 0 Å². The second-order valence-electron chi connectivity index (χ2n) is 2.44. The standard InChI is InChI=1S/C10H14/c1-5-10(4)8-6-7-9(2)3/h5-7H,1H2,2-4H3. The molecule has 0 aliphatic carbocycles. The zero-order chi connectivity index (χ0) is 7.98. The van der Waals surface area contributed by atoms with Gasteiger partial charge in [-0.3, -0.25) is 0 Å². The van der Waals surface area contributed by atoms with Crippen LogP contribution in [0.1, 0.15) is 20.8 Å². The molecule has 0 aliphatic heterocycles. The first-order valence-electron chi connectivity index (χ1n) is 3.36. The molecule has 0 aliphatic rings. The highest BCUT2D eigenvalue weighted by Gasteiger charge is 1.71. The Labute approximate surface area is 63.3 Å². The van der Waals surface area contributed by atoms with E-state index in [0.717, 1.165) is 5.57 Å². The van der Waals surface area contributed by atoms with E-state index in [4.69, 9.17) is 0 Å². The molecule has 54 valence electrons. The molecule has 0 aromatic rings. The second-order valence-corrected chi connectivity index (χ2v) is 2.44. The lowest BCUT2D eigenvalue weighted by Crippen LogP contribution is -1.60. The molecule has 0 heterocycles. The molecule has 0 saturated heterocycles. The molecule has 0 N–H and O–H groups in total. The molecule has 0 nitrogen and oxygen atoms in total. The van der Waals surface area contributed by atoms with Crippen LogP contribution < -0.4 is 0 Å². The molecule has 0 amide bonds. The van der Waals surface area contributed by atoms with Crippen molar-refractivity contribution in [2.45, 2.75) is 20.8 Å². The summed E-state index contributed by atoms with van der Waals surface area (Å²) in [5, 5.41) is 0. The maximum absolute atomic E-state index is 3.62. The van der Waals surface area contributed by atoms with E-state index in [-0.39, 0.29) is 0 Å². The lowest BCUT2D eigenvalue weighted by Gasteiger charge is -1.80. The van der Waals surface area contributed by atoms with E-state index in [9.17, 15) is 0 Å². The van der Waals surface area contributed by atoms with Gasteiger partial charge in [-0.15, -0.1) is 5.73 Å². The molecule has 10 heavy (non-hydrogen) atoms. The van der Waals surface area contributed by atoms with Gasteiger partial charge in [-0.25, -0.2) is 0 Å². The van der Waals surface area contributed by atoms with Crippen molar-refractivity contribution in [1.82, 2.24) is 0 Å². The average Bonchev–Trinajstić information content (AvgIpc) is 1.87. The Morgan fingerprint density at radius 1 is 1.30 bits per heavy atom. The van der Waals surface area contributed by atoms with Gasteiger partial charge in [-0.05, 0) is 32.4 Å². The molecule has 0 radical (unpaired) electrons. The van der Waals surface area contributed by atoms with E-state index in [1.54, 1.807) is 6.08 Å². The third kappa shape index (κ3) is 5.14. The Hall–Kier alpha value is -1.00. The Kier molecular flexibility index (Phi) is 4.36. The van der Waals surface area contributed by atoms with Crippen molar-refractivity contribution in [3.63, 3.8) is 0 Å². The van der Waals surface area contributed by atoms with Crippen LogP contribution in [0, 0.1) is 0 Å². The third-order valence-corrected chi connectivity index (χ3v) is 1.03. The van der Waals surface area contributed by atoms with Crippen LogP contribution in [0.3, 0.4) is 0 Å². The minimum atomic E-state index is 1.07. The SMILES string of the molecule is C=CC(C)=C=CC=C(C)C. The summed E-state index contributed by atoms with van der Waals surface area (Å²) in [5.41, 5.74) is 5.41. The minimum absolute atomic E-state index is 1.07. The fourth-order valence-corrected chi connectivity index (χ4v) is 0.399. The van der Waals surface area contributed by atoms with Gasteiger partial charge >= 0.3 is 0 Å². The van der Waals surface area contributed by atoms with Crippen molar-refractivity contribution >= 4 is 0 Å². The zero-order valence-electron chi connectivity index (χ0n) is 6.94. The Balaban J connectivity index is 4.24. The van der Waals surface area contributed by atoms with E-state index in [0.29, 0.717) is 0 Å². The lowest BCUT2D eigenvalue weighted by atomic mass is 10.3. The summed E-state index contributed by atoms with van der Waals surface area (Å²) >= 11 is 0. The summed E-state index contributed by atoms with van der Waals surface area (Å²) < 4.78 is 0. The van der Waals surface area contributed by atoms with Crippen LogP contribution in [0.4, 0.5) is 0 Å². The minimum Gasteiger partial charge on any atom is -0.118 e. The summed E-state index contributed by atoms with van der Waals surface area (Å²) in [4.78, 5) is 0. The lowest BCUT2D eigenvalue weighted by molar-refractivity contribution is 1.39. The van der Waals surface area contributed by atoms with Crippen molar-refractivity contribution in [3.05, 3.63) is 41.7 Å². The number of rotatable bonds is 2. The Morgan fingerprint density at radius 2 is 1.90 bits per heavy atom. The predicted octanol–water partition coefficient (Wildman–Crippen LogP) is 3.24. The molecule has 0 aromatic carbocycles. The van der Waals surface area contributed by atoms with Gasteiger partial charge in [-0.1, -0.05) is 24.3 Å². The van der Waals surface area contributed by atoms with Crippen LogP contribution in [0.25, 0.3) is 0 Å². The van der Waals surface area contributed by atoms with Gasteiger partial charge in [0, 0.05) is 0 Å². The summed E-state index contributed by atoms with van der Waals surface area (Å²) in [5.74, 6) is 0. The topological polar surface area (TPSA) is 0 Å². The summed E-state index contributed by atoms with van der Waals surface area (Å²) in [6, 6.07) is 0. The summed E-state index contributed by atoms with van der Waals surface area (Å²) in [6.45, 7) is 9.71. The van der Waals surface area contributed by atoms with Crippen molar-refractivity contribution in [3.8, 4) is 0 Å². The van der Waals surface area contributed by atoms with E-state index >= 15 is 0 Å². The monoisotopic (exact) mass is 134 g/mol. The largest absolute Gasteiger partial charge is 0.118 e. The van der Waals surface area contributed by atoms with Crippen LogP contribution >= 0.6 is 0 Å². The normalized spacial score (nSPS) is 7.50. The smallest absolute Gasteiger partial charge is 0.00973 e. The maximum atomic E-state index is 3.62. The van der Waals surface area contributed by atoms with Gasteiger partial charge in [0.2, 0.25) is 0 Å². The van der Waals surface area contributed by atoms with Crippen LogP contribution in [-0.4, -0.2) is 0 Å². The highest BCUT2D eigenvalue weighted by Crippen LogP contribution is 1.91. The van der Waals surface area contributed by atoms with Crippen LogP contribution in [0.5, 0.6) is 0 Å². The molecule has 0 bridgehead atoms. The first kappa shape index (κ1) is 9.00. The summed E-state index contributed by atoms with van der Waals surface area (Å²) in [6.07, 6.45) is 5.72. The fraction of sp³-hybridized carbons (Fsp3) is 0.300. The van der Waals surface area contributed by atoms with Gasteiger partial charge in [0.15, 0.2) is 0 Å². The first-order chi connectivity index (χ1) is 4.66. The third-order valence-electron chi connectivity index (χ3n) is 1.03. The zero-order valence-corrected chi connectivity index (χ0v) is 6.94. The molecule has 0 aromatic heterocycles. The van der Waals surface area contributed by atoms with E-state index < -0.39 is 0 Å². The molecule has 0 spiro atoms. The molecular formula is C10H14. The predicted molar refractivity (Wildman–Crippen MR) is 46.9 cm³/mol. The maximum Gasteiger partial charge on any atom is -0.00973 e. The number of allylic oxidation sites excluding steroid dienone is 4. The van der Waals surface area contributed by atoms with Crippen molar-refractivity contribution in [2.75, 3.05) is 0 Å². The molecular weight excluding hydrogens is 120 g/mol. The van der Waals surface area contributed by atoms with E-state index in [1.807, 2.05) is 19.1 Å². The molecule has 0 rings (SSSR count). The molecule has 0 saturated carbocycles. The van der Waals surface area contributed by atoms with Gasteiger partial charge in [0.05, 0.1) is 0 Å². The van der Waals surface area contributed by atoms with Gasteiger partial charge in [-0.2, -0.15) is 0 Å². The highest BCUT2D eigenvalue weighted by molar-refractivity contribution is 5.16. The van der Waals surface area contributed by atoms with Crippen LogP contribution in [0.15, 0.2) is 41.7 Å². The summed E-state index contributed by atoms with van der Waals surface area (Å²) in [7, 11) is 0. The van der Waals surface area contributed by atoms with Crippen LogP contribution in [0.2, 0.25) is 0 Å². The Bertz CT molecular complexity index is 194. The molecule has 0 heteroatoms. The van der Waals surface area contributed by atoms with Gasteiger partial charge in [0.1, 0.15) is 0 Å². The highest BCUT2D eigenvalue weighted by atomic mass is 13.8. The van der Waals surface area contributed by atoms with Crippen molar-refractivity contribution in [2.24, 2.45) is 0 Å². The molecule has 0 fully saturated rings. The van der Waals surface area contributed by atoms with E-state index in [2.05, 4.69) is 26.2 Å². The van der Waals surface area contributed by atoms with E-state index in [1.165, 1.54) is 5.57 Å². The molecule has 0 unspecified atom stereocenters. The first-order valence-corrected chi connectivity index (χ1v) is 3.36. The number of hydrogen-bond donors (Lipinski definition) is 0. The quantitative estimate of drug-likeness (QED) is 0.401. The van der Waals surface area contributed by atoms with Crippen molar-refractivity contribution < 1.29 is 0 Å². The second kappa shape index (κ2) is 4.84. The molecule has 0 atom stereocenters.